The number of nitrogens with one attached hydrogen (secondary N) is 1. The maximum atomic E-state index is 13.2. The number of aromatic nitrogens is 2. The monoisotopic (exact) mass is 490 g/mol. The lowest BCUT2D eigenvalue weighted by Crippen LogP contribution is -2.43. The molecule has 5 rings (SSSR count). The maximum Gasteiger partial charge on any atom is 0.274 e. The largest absolute Gasteiger partial charge is 0.365 e. The van der Waals surface area contributed by atoms with Crippen molar-refractivity contribution in [3.05, 3.63) is 83.4 Å². The Balaban J connectivity index is 1.13. The summed E-state index contributed by atoms with van der Waals surface area (Å²) >= 11 is 1.70. The van der Waals surface area contributed by atoms with Gasteiger partial charge in [0.05, 0.1) is 25.2 Å². The van der Waals surface area contributed by atoms with Gasteiger partial charge in [-0.3, -0.25) is 9.59 Å². The fourth-order valence-electron chi connectivity index (χ4n) is 4.75. The minimum Gasteiger partial charge on any atom is -0.365 e. The first-order chi connectivity index (χ1) is 17.1. The fourth-order valence-corrected chi connectivity index (χ4v) is 5.15. The van der Waals surface area contributed by atoms with Crippen molar-refractivity contribution in [2.75, 3.05) is 19.3 Å². The average molecular weight is 491 g/mol. The highest BCUT2D eigenvalue weighted by molar-refractivity contribution is 7.98. The van der Waals surface area contributed by atoms with Crippen molar-refractivity contribution < 1.29 is 14.3 Å². The molecule has 2 amide bonds. The number of benzene rings is 2. The zero-order valence-electron chi connectivity index (χ0n) is 19.9. The van der Waals surface area contributed by atoms with E-state index in [2.05, 4.69) is 34.6 Å². The molecule has 0 unspecified atom stereocenters. The third kappa shape index (κ3) is 5.28. The number of hydrogen-bond donors (Lipinski definition) is 1. The van der Waals surface area contributed by atoms with Gasteiger partial charge in [0.25, 0.3) is 5.91 Å². The van der Waals surface area contributed by atoms with Crippen molar-refractivity contribution in [1.29, 1.82) is 0 Å². The first kappa shape index (κ1) is 23.6. The number of ether oxygens (including phenoxy) is 1. The molecule has 0 bridgehead atoms. The van der Waals surface area contributed by atoms with Gasteiger partial charge in [-0.15, -0.1) is 11.8 Å². The SMILES string of the molecule is CSc1ccc(CNC(=O)C2CCN(C(=O)c3ncn4c3CO[C@@H](c3ccccc3)C4)CC2)cc1. The molecule has 8 heteroatoms. The Hall–Kier alpha value is -3.10. The molecule has 3 heterocycles. The highest BCUT2D eigenvalue weighted by Crippen LogP contribution is 2.29. The van der Waals surface area contributed by atoms with Crippen LogP contribution in [0.1, 0.15) is 46.3 Å². The van der Waals surface area contributed by atoms with E-state index in [1.165, 1.54) is 4.90 Å². The fraction of sp³-hybridized carbons (Fsp3) is 0.370. The lowest BCUT2D eigenvalue weighted by atomic mass is 9.95. The van der Waals surface area contributed by atoms with Gasteiger partial charge in [-0.2, -0.15) is 0 Å². The summed E-state index contributed by atoms with van der Waals surface area (Å²) in [5, 5.41) is 3.05. The summed E-state index contributed by atoms with van der Waals surface area (Å²) in [4.78, 5) is 33.4. The lowest BCUT2D eigenvalue weighted by Gasteiger charge is -2.31. The molecule has 182 valence electrons. The van der Waals surface area contributed by atoms with E-state index in [1.807, 2.05) is 46.1 Å². The molecule has 0 spiro atoms. The third-order valence-electron chi connectivity index (χ3n) is 6.88. The van der Waals surface area contributed by atoms with Gasteiger partial charge in [0.2, 0.25) is 5.91 Å². The number of rotatable bonds is 6. The molecule has 1 aromatic heterocycles. The van der Waals surface area contributed by atoms with Crippen LogP contribution in [0.2, 0.25) is 0 Å². The van der Waals surface area contributed by atoms with E-state index in [9.17, 15) is 9.59 Å². The molecule has 35 heavy (non-hydrogen) atoms. The Morgan fingerprint density at radius 1 is 1.09 bits per heavy atom. The Kier molecular flexibility index (Phi) is 7.20. The van der Waals surface area contributed by atoms with Gasteiger partial charge >= 0.3 is 0 Å². The van der Waals surface area contributed by atoms with Crippen LogP contribution < -0.4 is 5.32 Å². The van der Waals surface area contributed by atoms with Gasteiger partial charge in [-0.05, 0) is 42.4 Å². The number of likely N-dealkylation sites (tertiary alicyclic amines) is 1. The van der Waals surface area contributed by atoms with Crippen LogP contribution >= 0.6 is 11.8 Å². The first-order valence-corrected chi connectivity index (χ1v) is 13.3. The van der Waals surface area contributed by atoms with Gasteiger partial charge in [0.15, 0.2) is 5.69 Å². The van der Waals surface area contributed by atoms with Crippen molar-refractivity contribution in [2.24, 2.45) is 5.92 Å². The number of amides is 2. The Bertz CT molecular complexity index is 1170. The predicted molar refractivity (Wildman–Crippen MR) is 135 cm³/mol. The number of thioether (sulfide) groups is 1. The van der Waals surface area contributed by atoms with E-state index in [1.54, 1.807) is 18.1 Å². The topological polar surface area (TPSA) is 76.5 Å². The third-order valence-corrected chi connectivity index (χ3v) is 7.63. The summed E-state index contributed by atoms with van der Waals surface area (Å²) < 4.78 is 8.09. The second-order valence-electron chi connectivity index (χ2n) is 9.03. The van der Waals surface area contributed by atoms with Crippen LogP contribution in [0.4, 0.5) is 0 Å². The molecule has 3 aromatic rings. The maximum absolute atomic E-state index is 13.2. The zero-order chi connectivity index (χ0) is 24.2. The molecule has 1 saturated heterocycles. The number of carbonyl (C=O) groups is 2. The minimum absolute atomic E-state index is 0.0430. The predicted octanol–water partition coefficient (Wildman–Crippen LogP) is 4.05. The molecule has 0 radical (unpaired) electrons. The van der Waals surface area contributed by atoms with Gasteiger partial charge in [0, 0.05) is 30.4 Å². The van der Waals surface area contributed by atoms with Crippen LogP contribution in [0.25, 0.3) is 0 Å². The van der Waals surface area contributed by atoms with Gasteiger partial charge < -0.3 is 19.5 Å². The summed E-state index contributed by atoms with van der Waals surface area (Å²) in [5.74, 6) is -0.0885. The van der Waals surface area contributed by atoms with Crippen molar-refractivity contribution in [3.8, 4) is 0 Å². The number of piperidine rings is 1. The number of imidazole rings is 1. The van der Waals surface area contributed by atoms with Crippen LogP contribution in [-0.4, -0.2) is 45.6 Å². The van der Waals surface area contributed by atoms with Crippen LogP contribution in [0.15, 0.2) is 65.8 Å². The van der Waals surface area contributed by atoms with E-state index in [0.717, 1.165) is 16.8 Å². The number of nitrogens with zero attached hydrogens (tertiary/aromatic N) is 3. The first-order valence-electron chi connectivity index (χ1n) is 12.0. The minimum atomic E-state index is -0.0757. The quantitative estimate of drug-likeness (QED) is 0.528. The second-order valence-corrected chi connectivity index (χ2v) is 9.91. The standard InChI is InChI=1S/C27H30N4O3S/c1-35-22-9-7-19(8-10-22)15-28-26(32)21-11-13-30(14-12-21)27(33)25-23-17-34-24(16-31(23)18-29-25)20-5-3-2-4-6-20/h2-10,18,21,24H,11-17H2,1H3,(H,28,32)/t24-/m1/s1. The van der Waals surface area contributed by atoms with Crippen LogP contribution in [0, 0.1) is 5.92 Å². The molecule has 0 aliphatic carbocycles. The lowest BCUT2D eigenvalue weighted by molar-refractivity contribution is -0.126. The molecule has 2 aliphatic rings. The molecular weight excluding hydrogens is 460 g/mol. The highest BCUT2D eigenvalue weighted by Gasteiger charge is 2.32. The van der Waals surface area contributed by atoms with Crippen LogP contribution in [-0.2, 0) is 29.2 Å². The van der Waals surface area contributed by atoms with Crippen molar-refractivity contribution in [3.63, 3.8) is 0 Å². The van der Waals surface area contributed by atoms with Crippen molar-refractivity contribution in [1.82, 2.24) is 19.8 Å². The molecule has 0 saturated carbocycles. The average Bonchev–Trinajstić information content (AvgIpc) is 3.35. The van der Waals surface area contributed by atoms with E-state index >= 15 is 0 Å². The zero-order valence-corrected chi connectivity index (χ0v) is 20.7. The molecule has 1 N–H and O–H groups in total. The molecule has 2 aromatic carbocycles. The second kappa shape index (κ2) is 10.7. The van der Waals surface area contributed by atoms with Gasteiger partial charge in [-0.25, -0.2) is 4.98 Å². The Morgan fingerprint density at radius 3 is 2.54 bits per heavy atom. The normalized spacial score (nSPS) is 18.2. The summed E-state index contributed by atoms with van der Waals surface area (Å²) in [6.45, 7) is 2.63. The van der Waals surface area contributed by atoms with E-state index < -0.39 is 0 Å². The Labute approximate surface area is 209 Å². The smallest absolute Gasteiger partial charge is 0.274 e. The number of fused-ring (bicyclic) bond motifs is 1. The van der Waals surface area contributed by atoms with Crippen molar-refractivity contribution >= 4 is 23.6 Å². The van der Waals surface area contributed by atoms with E-state index in [4.69, 9.17) is 4.74 Å². The Morgan fingerprint density at radius 2 is 1.83 bits per heavy atom. The van der Waals surface area contributed by atoms with Crippen LogP contribution in [0.3, 0.4) is 0 Å². The summed E-state index contributed by atoms with van der Waals surface area (Å²) in [6.07, 6.45) is 5.06. The van der Waals surface area contributed by atoms with Crippen molar-refractivity contribution in [2.45, 2.75) is 43.5 Å². The molecule has 1 atom stereocenters. The molecule has 7 nitrogen and oxygen atoms in total. The number of carbonyl (C=O) groups excluding carboxylic acids is 2. The number of hydrogen-bond acceptors (Lipinski definition) is 5. The van der Waals surface area contributed by atoms with Crippen LogP contribution in [0.5, 0.6) is 0 Å². The summed E-state index contributed by atoms with van der Waals surface area (Å²) in [7, 11) is 0. The highest BCUT2D eigenvalue weighted by atomic mass is 32.2. The summed E-state index contributed by atoms with van der Waals surface area (Å²) in [5.41, 5.74) is 3.50. The van der Waals surface area contributed by atoms with E-state index in [0.29, 0.717) is 51.3 Å². The molecule has 1 fully saturated rings. The molecular formula is C27H30N4O3S. The van der Waals surface area contributed by atoms with Gasteiger partial charge in [0.1, 0.15) is 6.10 Å². The molecule has 2 aliphatic heterocycles. The van der Waals surface area contributed by atoms with Gasteiger partial charge in [-0.1, -0.05) is 42.5 Å². The van der Waals surface area contributed by atoms with E-state index in [-0.39, 0.29) is 23.8 Å². The summed E-state index contributed by atoms with van der Waals surface area (Å²) in [6, 6.07) is 18.3.